The van der Waals surface area contributed by atoms with E-state index >= 15 is 0 Å². The summed E-state index contributed by atoms with van der Waals surface area (Å²) in [5.41, 5.74) is 2.68. The van der Waals surface area contributed by atoms with Gasteiger partial charge in [0.1, 0.15) is 11.5 Å². The Bertz CT molecular complexity index is 1240. The first-order valence-corrected chi connectivity index (χ1v) is 11.3. The SMILES string of the molecule is Cc1ccc(N=C2S/C(=C/c3ccc(-c4ccc([N+](=O)[O-])cc4)o3)C(=O)N2CC(C)C)cc1. The van der Waals surface area contributed by atoms with Crippen molar-refractivity contribution in [2.75, 3.05) is 6.54 Å². The van der Waals surface area contributed by atoms with E-state index in [-0.39, 0.29) is 17.5 Å². The third-order valence-electron chi connectivity index (χ3n) is 4.96. The Morgan fingerprint density at radius 1 is 1.09 bits per heavy atom. The topological polar surface area (TPSA) is 89.0 Å². The van der Waals surface area contributed by atoms with Crippen molar-refractivity contribution in [2.45, 2.75) is 20.8 Å². The molecule has 3 aromatic rings. The maximum atomic E-state index is 13.1. The fourth-order valence-electron chi connectivity index (χ4n) is 3.31. The summed E-state index contributed by atoms with van der Waals surface area (Å²) in [6.45, 7) is 6.71. The number of nitro groups is 1. The number of aryl methyl sites for hydroxylation is 1. The van der Waals surface area contributed by atoms with Crippen LogP contribution in [0, 0.1) is 23.0 Å². The van der Waals surface area contributed by atoms with Gasteiger partial charge in [0.05, 0.1) is 15.5 Å². The Hall–Kier alpha value is -3.65. The Balaban J connectivity index is 1.60. The van der Waals surface area contributed by atoms with Crippen LogP contribution in [-0.4, -0.2) is 27.4 Å². The molecule has 168 valence electrons. The van der Waals surface area contributed by atoms with Gasteiger partial charge in [0, 0.05) is 30.3 Å². The summed E-state index contributed by atoms with van der Waals surface area (Å²) < 4.78 is 5.89. The number of carbonyl (C=O) groups is 1. The van der Waals surface area contributed by atoms with Crippen molar-refractivity contribution in [1.82, 2.24) is 4.90 Å². The van der Waals surface area contributed by atoms with Crippen LogP contribution >= 0.6 is 11.8 Å². The standard InChI is InChI=1S/C25H23N3O4S/c1-16(2)15-27-24(29)23(33-25(27)26-19-8-4-17(3)5-9-19)14-21-12-13-22(32-21)18-6-10-20(11-7-18)28(30)31/h4-14,16H,15H2,1-3H3/b23-14+,26-25?. The van der Waals surface area contributed by atoms with Crippen LogP contribution < -0.4 is 0 Å². The van der Waals surface area contributed by atoms with E-state index in [0.29, 0.717) is 28.1 Å². The van der Waals surface area contributed by atoms with Gasteiger partial charge in [-0.3, -0.25) is 19.8 Å². The van der Waals surface area contributed by atoms with Gasteiger partial charge in [-0.2, -0.15) is 0 Å². The second-order valence-electron chi connectivity index (χ2n) is 8.16. The number of furan rings is 1. The number of nitrogens with zero attached hydrogens (tertiary/aromatic N) is 3. The lowest BCUT2D eigenvalue weighted by molar-refractivity contribution is -0.384. The minimum Gasteiger partial charge on any atom is -0.457 e. The van der Waals surface area contributed by atoms with Crippen LogP contribution in [0.1, 0.15) is 25.2 Å². The van der Waals surface area contributed by atoms with Gasteiger partial charge in [-0.15, -0.1) is 0 Å². The second kappa shape index (κ2) is 9.46. The molecule has 1 fully saturated rings. The maximum Gasteiger partial charge on any atom is 0.269 e. The number of rotatable bonds is 6. The van der Waals surface area contributed by atoms with Crippen LogP contribution in [0.25, 0.3) is 17.4 Å². The molecule has 0 unspecified atom stereocenters. The zero-order valence-corrected chi connectivity index (χ0v) is 19.3. The van der Waals surface area contributed by atoms with Crippen LogP contribution in [0.2, 0.25) is 0 Å². The number of amidine groups is 1. The fourth-order valence-corrected chi connectivity index (χ4v) is 4.30. The minimum absolute atomic E-state index is 0.0197. The number of benzene rings is 2. The van der Waals surface area contributed by atoms with Gasteiger partial charge in [-0.25, -0.2) is 4.99 Å². The lowest BCUT2D eigenvalue weighted by atomic mass is 10.1. The first-order chi connectivity index (χ1) is 15.8. The first kappa shape index (κ1) is 22.5. The number of hydrogen-bond donors (Lipinski definition) is 0. The van der Waals surface area contributed by atoms with Gasteiger partial charge in [-0.05, 0) is 61.0 Å². The molecule has 2 aromatic carbocycles. The fraction of sp³-hybridized carbons (Fsp3) is 0.200. The molecule has 8 heteroatoms. The van der Waals surface area contributed by atoms with Gasteiger partial charge in [-0.1, -0.05) is 31.5 Å². The second-order valence-corrected chi connectivity index (χ2v) is 9.17. The summed E-state index contributed by atoms with van der Waals surface area (Å²) in [4.78, 5) is 30.5. The van der Waals surface area contributed by atoms with E-state index in [9.17, 15) is 14.9 Å². The van der Waals surface area contributed by atoms with Gasteiger partial charge >= 0.3 is 0 Å². The molecule has 0 spiro atoms. The largest absolute Gasteiger partial charge is 0.457 e. The molecule has 33 heavy (non-hydrogen) atoms. The third kappa shape index (κ3) is 5.23. The molecule has 1 aromatic heterocycles. The van der Waals surface area contributed by atoms with Crippen LogP contribution in [0.5, 0.6) is 0 Å². The first-order valence-electron chi connectivity index (χ1n) is 10.5. The minimum atomic E-state index is -0.441. The lowest BCUT2D eigenvalue weighted by Crippen LogP contribution is -2.32. The molecular formula is C25H23N3O4S. The molecule has 0 aliphatic carbocycles. The summed E-state index contributed by atoms with van der Waals surface area (Å²) in [5, 5.41) is 11.5. The molecule has 1 amide bonds. The molecule has 1 saturated heterocycles. The zero-order valence-electron chi connectivity index (χ0n) is 18.5. The van der Waals surface area contributed by atoms with E-state index in [1.165, 1.54) is 23.9 Å². The van der Waals surface area contributed by atoms with Crippen molar-refractivity contribution >= 4 is 40.3 Å². The van der Waals surface area contributed by atoms with E-state index in [4.69, 9.17) is 9.41 Å². The summed E-state index contributed by atoms with van der Waals surface area (Å²) >= 11 is 1.33. The molecular weight excluding hydrogens is 438 g/mol. The number of carbonyl (C=O) groups excluding carboxylic acids is 1. The van der Waals surface area contributed by atoms with Gasteiger partial charge in [0.2, 0.25) is 0 Å². The Labute approximate surface area is 196 Å². The van der Waals surface area contributed by atoms with Gasteiger partial charge in [0.25, 0.3) is 11.6 Å². The van der Waals surface area contributed by atoms with Crippen molar-refractivity contribution in [3.63, 3.8) is 0 Å². The molecule has 0 atom stereocenters. The molecule has 0 saturated carbocycles. The van der Waals surface area contributed by atoms with E-state index in [2.05, 4.69) is 13.8 Å². The van der Waals surface area contributed by atoms with Gasteiger partial charge < -0.3 is 4.42 Å². The highest BCUT2D eigenvalue weighted by molar-refractivity contribution is 8.18. The third-order valence-corrected chi connectivity index (χ3v) is 5.96. The van der Waals surface area contributed by atoms with Crippen LogP contribution in [0.15, 0.2) is 75.0 Å². The predicted molar refractivity (Wildman–Crippen MR) is 131 cm³/mol. The summed E-state index contributed by atoms with van der Waals surface area (Å²) in [6, 6.07) is 17.6. The highest BCUT2D eigenvalue weighted by atomic mass is 32.2. The molecule has 7 nitrogen and oxygen atoms in total. The molecule has 1 aliphatic rings. The molecule has 1 aliphatic heterocycles. The molecule has 0 radical (unpaired) electrons. The monoisotopic (exact) mass is 461 g/mol. The van der Waals surface area contributed by atoms with E-state index in [0.717, 1.165) is 16.8 Å². The van der Waals surface area contributed by atoms with Crippen LogP contribution in [0.3, 0.4) is 0 Å². The molecule has 0 bridgehead atoms. The Morgan fingerprint density at radius 3 is 2.42 bits per heavy atom. The number of thioether (sulfide) groups is 1. The summed E-state index contributed by atoms with van der Waals surface area (Å²) in [5.74, 6) is 1.28. The highest BCUT2D eigenvalue weighted by Crippen LogP contribution is 2.35. The van der Waals surface area contributed by atoms with E-state index < -0.39 is 4.92 Å². The number of aliphatic imine (C=N–C) groups is 1. The maximum absolute atomic E-state index is 13.1. The average molecular weight is 462 g/mol. The smallest absolute Gasteiger partial charge is 0.269 e. The average Bonchev–Trinajstić information content (AvgIpc) is 3.36. The van der Waals surface area contributed by atoms with Crippen molar-refractivity contribution in [1.29, 1.82) is 0 Å². The van der Waals surface area contributed by atoms with Gasteiger partial charge in [0.15, 0.2) is 5.17 Å². The Morgan fingerprint density at radius 2 is 1.79 bits per heavy atom. The van der Waals surface area contributed by atoms with E-state index in [1.807, 2.05) is 31.2 Å². The quantitative estimate of drug-likeness (QED) is 0.240. The zero-order chi connectivity index (χ0) is 23.5. The summed E-state index contributed by atoms with van der Waals surface area (Å²) in [6.07, 6.45) is 1.72. The summed E-state index contributed by atoms with van der Waals surface area (Å²) in [7, 11) is 0. The van der Waals surface area contributed by atoms with Crippen molar-refractivity contribution in [3.8, 4) is 11.3 Å². The number of non-ortho nitro benzene ring substituents is 1. The predicted octanol–water partition coefficient (Wildman–Crippen LogP) is 6.42. The number of nitro benzene ring substituents is 1. The lowest BCUT2D eigenvalue weighted by Gasteiger charge is -2.17. The van der Waals surface area contributed by atoms with E-state index in [1.54, 1.807) is 35.2 Å². The van der Waals surface area contributed by atoms with Crippen LogP contribution in [0.4, 0.5) is 11.4 Å². The molecule has 4 rings (SSSR count). The van der Waals surface area contributed by atoms with Crippen molar-refractivity contribution in [2.24, 2.45) is 10.9 Å². The van der Waals surface area contributed by atoms with Crippen molar-refractivity contribution in [3.05, 3.63) is 87.0 Å². The van der Waals surface area contributed by atoms with Crippen molar-refractivity contribution < 1.29 is 14.1 Å². The Kier molecular flexibility index (Phi) is 6.46. The number of amides is 1. The van der Waals surface area contributed by atoms with Crippen LogP contribution in [-0.2, 0) is 4.79 Å². The molecule has 0 N–H and O–H groups in total. The highest BCUT2D eigenvalue weighted by Gasteiger charge is 2.34. The normalized spacial score (nSPS) is 16.4. The number of hydrogen-bond acceptors (Lipinski definition) is 6. The molecule has 2 heterocycles.